The molecule has 0 N–H and O–H groups in total. The van der Waals surface area contributed by atoms with Crippen molar-refractivity contribution in [3.8, 4) is 0 Å². The third-order valence-electron chi connectivity index (χ3n) is 11.7. The normalized spacial score (nSPS) is 13.4. The molecule has 0 saturated carbocycles. The Balaban J connectivity index is 4.53. The Morgan fingerprint density at radius 3 is 0.813 bits per heavy atom. The topological polar surface area (TPSA) is 78.9 Å². The zero-order chi connectivity index (χ0) is 54.3. The average molecular weight is 1030 g/mol. The second kappa shape index (κ2) is 61.3. The van der Waals surface area contributed by atoms with Gasteiger partial charge in [-0.3, -0.25) is 14.4 Å². The molecule has 0 fully saturated rings. The molecule has 6 nitrogen and oxygen atoms in total. The molecule has 1 atom stereocenters. The molecule has 0 aromatic rings. The van der Waals surface area contributed by atoms with E-state index in [9.17, 15) is 14.4 Å². The Kier molecular flexibility index (Phi) is 57.0. The Hall–Kier alpha value is -5.23. The van der Waals surface area contributed by atoms with Crippen LogP contribution in [-0.4, -0.2) is 37.2 Å². The van der Waals surface area contributed by atoms with Gasteiger partial charge in [-0.1, -0.05) is 236 Å². The Labute approximate surface area is 460 Å². The van der Waals surface area contributed by atoms with Gasteiger partial charge in [0.2, 0.25) is 0 Å². The van der Waals surface area contributed by atoms with Crippen LogP contribution >= 0.6 is 0 Å². The lowest BCUT2D eigenvalue weighted by molar-refractivity contribution is -0.167. The summed E-state index contributed by atoms with van der Waals surface area (Å²) in [7, 11) is 0. The van der Waals surface area contributed by atoms with Crippen molar-refractivity contribution in [2.24, 2.45) is 0 Å². The molecule has 0 saturated heterocycles. The molecule has 6 heteroatoms. The number of hydrogen-bond donors (Lipinski definition) is 0. The maximum absolute atomic E-state index is 12.9. The van der Waals surface area contributed by atoms with Gasteiger partial charge >= 0.3 is 17.9 Å². The molecule has 418 valence electrons. The third kappa shape index (κ3) is 59.5. The van der Waals surface area contributed by atoms with Gasteiger partial charge < -0.3 is 14.2 Å². The molecule has 0 aliphatic rings. The largest absolute Gasteiger partial charge is 0.462 e. The van der Waals surface area contributed by atoms with Gasteiger partial charge in [0.1, 0.15) is 13.2 Å². The summed E-state index contributed by atoms with van der Waals surface area (Å²) < 4.78 is 16.8. The van der Waals surface area contributed by atoms with Crippen molar-refractivity contribution >= 4 is 17.9 Å². The summed E-state index contributed by atoms with van der Waals surface area (Å²) in [5.41, 5.74) is 0. The number of ether oxygens (including phenoxy) is 3. The van der Waals surface area contributed by atoms with Gasteiger partial charge in [-0.05, 0) is 141 Å². The van der Waals surface area contributed by atoms with Crippen molar-refractivity contribution in [2.45, 2.75) is 232 Å². The van der Waals surface area contributed by atoms with E-state index >= 15 is 0 Å². The van der Waals surface area contributed by atoms with Crippen molar-refractivity contribution in [1.29, 1.82) is 0 Å². The molecular formula is C69H106O6. The van der Waals surface area contributed by atoms with Crippen LogP contribution in [-0.2, 0) is 28.6 Å². The number of allylic oxidation sites excluding steroid dienone is 28. The molecule has 0 aliphatic heterocycles. The number of esters is 3. The average Bonchev–Trinajstić information content (AvgIpc) is 3.41. The SMILES string of the molecule is CC/C=C\C/C=C\C/C=C\C/C=C\C/C=C\C/C=C\C/C=C\CCCC(=O)OCC(COC(=O)CCCCC/C=C\C/C=C\C/C=C\CC)OC(=O)CCCCCCCCCC/C=C\C/C=C\C/C=C\C/C=C\CC. The monoisotopic (exact) mass is 1030 g/mol. The summed E-state index contributed by atoms with van der Waals surface area (Å²) in [5, 5.41) is 0. The van der Waals surface area contributed by atoms with Crippen molar-refractivity contribution in [2.75, 3.05) is 13.2 Å². The standard InChI is InChI=1S/C69H106O6/c1-4-7-10-13-16-19-22-25-27-29-31-33-34-36-37-39-41-44-47-50-53-56-59-62-68(71)74-65-66(64-73-67(70)61-58-55-52-49-46-43-24-21-18-15-12-9-6-3)75-69(72)63-60-57-54-51-48-45-42-40-38-35-32-30-28-26-23-20-17-14-11-8-5-2/h7-12,16-21,25-28,31-33,35-37,41,43-44,46,50,53,66H,4-6,13-15,22-24,29-30,34,38-40,42,45,47-49,51-52,54-65H2,1-3H3/b10-7-,11-8-,12-9-,19-16-,20-17-,21-18-,27-25-,28-26-,33-31-,35-32-,37-36-,44-41-,46-43-,53-50-. The highest BCUT2D eigenvalue weighted by Gasteiger charge is 2.19. The molecule has 0 spiro atoms. The summed E-state index contributed by atoms with van der Waals surface area (Å²) in [4.78, 5) is 38.2. The summed E-state index contributed by atoms with van der Waals surface area (Å²) in [6.45, 7) is 6.20. The first kappa shape index (κ1) is 69.8. The number of rotatable bonds is 51. The fourth-order valence-electron chi connectivity index (χ4n) is 7.38. The first-order chi connectivity index (χ1) is 37.0. The van der Waals surface area contributed by atoms with E-state index in [1.54, 1.807) is 0 Å². The van der Waals surface area contributed by atoms with Crippen LogP contribution in [0.5, 0.6) is 0 Å². The van der Waals surface area contributed by atoms with E-state index in [0.29, 0.717) is 19.3 Å². The van der Waals surface area contributed by atoms with Gasteiger partial charge in [-0.25, -0.2) is 0 Å². The highest BCUT2D eigenvalue weighted by atomic mass is 16.6. The molecule has 0 amide bonds. The smallest absolute Gasteiger partial charge is 0.306 e. The van der Waals surface area contributed by atoms with E-state index < -0.39 is 6.10 Å². The van der Waals surface area contributed by atoms with E-state index in [1.807, 2.05) is 0 Å². The van der Waals surface area contributed by atoms with Gasteiger partial charge in [0, 0.05) is 19.3 Å². The molecule has 0 aromatic carbocycles. The predicted octanol–water partition coefficient (Wildman–Crippen LogP) is 20.3. The highest BCUT2D eigenvalue weighted by molar-refractivity contribution is 5.71. The maximum atomic E-state index is 12.9. The van der Waals surface area contributed by atoms with Crippen LogP contribution in [0.2, 0.25) is 0 Å². The number of hydrogen-bond acceptors (Lipinski definition) is 6. The Morgan fingerprint density at radius 1 is 0.267 bits per heavy atom. The van der Waals surface area contributed by atoms with Gasteiger partial charge in [-0.2, -0.15) is 0 Å². The minimum absolute atomic E-state index is 0.123. The fourth-order valence-corrected chi connectivity index (χ4v) is 7.38. The molecule has 0 radical (unpaired) electrons. The number of carbonyl (C=O) groups is 3. The van der Waals surface area contributed by atoms with Crippen LogP contribution in [0.1, 0.15) is 226 Å². The van der Waals surface area contributed by atoms with E-state index in [0.717, 1.165) is 148 Å². The van der Waals surface area contributed by atoms with E-state index in [1.165, 1.54) is 32.1 Å². The number of unbranched alkanes of at least 4 members (excludes halogenated alkanes) is 12. The van der Waals surface area contributed by atoms with Crippen LogP contribution in [0.3, 0.4) is 0 Å². The molecular weight excluding hydrogens is 925 g/mol. The molecule has 0 aliphatic carbocycles. The van der Waals surface area contributed by atoms with E-state index in [4.69, 9.17) is 14.2 Å². The van der Waals surface area contributed by atoms with Crippen molar-refractivity contribution in [3.05, 3.63) is 170 Å². The lowest BCUT2D eigenvalue weighted by Gasteiger charge is -2.18. The van der Waals surface area contributed by atoms with Gasteiger partial charge in [0.25, 0.3) is 0 Å². The highest BCUT2D eigenvalue weighted by Crippen LogP contribution is 2.13. The maximum Gasteiger partial charge on any atom is 0.306 e. The summed E-state index contributed by atoms with van der Waals surface area (Å²) in [5.74, 6) is -1.03. The van der Waals surface area contributed by atoms with Crippen molar-refractivity contribution < 1.29 is 28.6 Å². The van der Waals surface area contributed by atoms with Crippen LogP contribution in [0, 0.1) is 0 Å². The van der Waals surface area contributed by atoms with Gasteiger partial charge in [0.05, 0.1) is 0 Å². The lowest BCUT2D eigenvalue weighted by Crippen LogP contribution is -2.30. The molecule has 0 heterocycles. The Bertz CT molecular complexity index is 1750. The quantitative estimate of drug-likeness (QED) is 0.0261. The molecule has 0 rings (SSSR count). The van der Waals surface area contributed by atoms with Crippen LogP contribution in [0.15, 0.2) is 170 Å². The van der Waals surface area contributed by atoms with Crippen LogP contribution < -0.4 is 0 Å². The second-order valence-corrected chi connectivity index (χ2v) is 18.8. The zero-order valence-electron chi connectivity index (χ0n) is 47.7. The van der Waals surface area contributed by atoms with Crippen molar-refractivity contribution in [3.63, 3.8) is 0 Å². The molecule has 75 heavy (non-hydrogen) atoms. The Morgan fingerprint density at radius 2 is 0.493 bits per heavy atom. The zero-order valence-corrected chi connectivity index (χ0v) is 47.7. The minimum Gasteiger partial charge on any atom is -0.462 e. The third-order valence-corrected chi connectivity index (χ3v) is 11.7. The molecule has 0 bridgehead atoms. The lowest BCUT2D eigenvalue weighted by atomic mass is 10.1. The fraction of sp³-hybridized carbons (Fsp3) is 0.551. The van der Waals surface area contributed by atoms with Crippen molar-refractivity contribution in [1.82, 2.24) is 0 Å². The summed E-state index contributed by atoms with van der Waals surface area (Å²) >= 11 is 0. The van der Waals surface area contributed by atoms with Crippen LogP contribution in [0.25, 0.3) is 0 Å². The molecule has 1 unspecified atom stereocenters. The summed E-state index contributed by atoms with van der Waals surface area (Å²) in [6, 6.07) is 0. The predicted molar refractivity (Wildman–Crippen MR) is 325 cm³/mol. The van der Waals surface area contributed by atoms with E-state index in [2.05, 4.69) is 191 Å². The van der Waals surface area contributed by atoms with Gasteiger partial charge in [-0.15, -0.1) is 0 Å². The first-order valence-corrected chi connectivity index (χ1v) is 29.6. The minimum atomic E-state index is -0.828. The van der Waals surface area contributed by atoms with Crippen LogP contribution in [0.4, 0.5) is 0 Å². The number of carbonyl (C=O) groups excluding carboxylic acids is 3. The first-order valence-electron chi connectivity index (χ1n) is 29.6. The second-order valence-electron chi connectivity index (χ2n) is 18.8. The van der Waals surface area contributed by atoms with Gasteiger partial charge in [0.15, 0.2) is 6.10 Å². The summed E-state index contributed by atoms with van der Waals surface area (Å²) in [6.07, 6.45) is 90.7. The molecule has 0 aromatic heterocycles. The van der Waals surface area contributed by atoms with E-state index in [-0.39, 0.29) is 37.5 Å².